The van der Waals surface area contributed by atoms with Crippen molar-refractivity contribution in [2.45, 2.75) is 0 Å². The van der Waals surface area contributed by atoms with E-state index in [1.165, 1.54) is 11.3 Å². The zero-order valence-electron chi connectivity index (χ0n) is 8.31. The molecular weight excluding hydrogens is 224 g/mol. The average Bonchev–Trinajstić information content (AvgIpc) is 2.59. The smallest absolute Gasteiger partial charge is 0.290 e. The Kier molecular flexibility index (Phi) is 2.49. The molecule has 0 bridgehead atoms. The van der Waals surface area contributed by atoms with Crippen LogP contribution in [0, 0.1) is 0 Å². The molecule has 0 aliphatic carbocycles. The van der Waals surface area contributed by atoms with Gasteiger partial charge in [-0.15, -0.1) is 11.3 Å². The number of hydrogen-bond donors (Lipinski definition) is 3. The van der Waals surface area contributed by atoms with Crippen molar-refractivity contribution in [1.82, 2.24) is 0 Å². The summed E-state index contributed by atoms with van der Waals surface area (Å²) in [4.78, 5) is 15.5. The molecule has 1 aromatic carbocycles. The van der Waals surface area contributed by atoms with Gasteiger partial charge in [-0.25, -0.2) is 0 Å². The first kappa shape index (κ1) is 10.4. The summed E-state index contributed by atoms with van der Waals surface area (Å²) < 4.78 is 0.975. The lowest BCUT2D eigenvalue weighted by Crippen LogP contribution is -2.24. The van der Waals surface area contributed by atoms with Crippen molar-refractivity contribution in [2.24, 2.45) is 16.5 Å². The van der Waals surface area contributed by atoms with E-state index in [2.05, 4.69) is 4.99 Å². The summed E-state index contributed by atoms with van der Waals surface area (Å²) >= 11 is 1.33. The van der Waals surface area contributed by atoms with Gasteiger partial charge in [0.25, 0.3) is 5.91 Å². The predicted molar refractivity (Wildman–Crippen MR) is 66.4 cm³/mol. The van der Waals surface area contributed by atoms with E-state index in [0.717, 1.165) is 10.1 Å². The third-order valence-electron chi connectivity index (χ3n) is 1.98. The van der Waals surface area contributed by atoms with Crippen LogP contribution in [-0.4, -0.2) is 11.9 Å². The number of nitrogens with two attached hydrogens (primary N) is 3. The van der Waals surface area contributed by atoms with Gasteiger partial charge in [0, 0.05) is 10.4 Å². The van der Waals surface area contributed by atoms with Gasteiger partial charge in [0.1, 0.15) is 0 Å². The second-order valence-corrected chi connectivity index (χ2v) is 4.33. The van der Waals surface area contributed by atoms with E-state index in [-0.39, 0.29) is 5.96 Å². The van der Waals surface area contributed by atoms with Crippen molar-refractivity contribution in [3.05, 3.63) is 29.1 Å². The number of rotatable bonds is 1. The summed E-state index contributed by atoms with van der Waals surface area (Å²) in [6.45, 7) is 0. The lowest BCUT2D eigenvalue weighted by molar-refractivity contribution is 0.101. The molecule has 0 spiro atoms. The molecular formula is C10H10N4OS. The largest absolute Gasteiger partial charge is 0.399 e. The Bertz CT molecular complexity index is 584. The number of amides is 1. The number of guanidine groups is 1. The maximum absolute atomic E-state index is 11.5. The molecule has 1 amide bonds. The Morgan fingerprint density at radius 1 is 1.25 bits per heavy atom. The van der Waals surface area contributed by atoms with Crippen LogP contribution in [0.3, 0.4) is 0 Å². The first-order valence-corrected chi connectivity index (χ1v) is 5.31. The standard InChI is InChI=1S/C10H10N4OS/c11-6-1-2-7-5(3-6)4-8(16-7)9(15)14-10(12)13/h1-4H,11H2,(H4,12,13,14,15). The fourth-order valence-corrected chi connectivity index (χ4v) is 2.27. The van der Waals surface area contributed by atoms with Gasteiger partial charge in [-0.1, -0.05) is 0 Å². The molecule has 0 aliphatic rings. The Morgan fingerprint density at radius 3 is 2.69 bits per heavy atom. The van der Waals surface area contributed by atoms with E-state index in [4.69, 9.17) is 17.2 Å². The first-order valence-electron chi connectivity index (χ1n) is 4.49. The quantitative estimate of drug-likeness (QED) is 0.387. The maximum atomic E-state index is 11.5. The van der Waals surface area contributed by atoms with Crippen LogP contribution < -0.4 is 17.2 Å². The molecule has 16 heavy (non-hydrogen) atoms. The Hall–Kier alpha value is -2.08. The van der Waals surface area contributed by atoms with E-state index in [1.54, 1.807) is 18.2 Å². The fourth-order valence-electron chi connectivity index (χ4n) is 1.34. The second-order valence-electron chi connectivity index (χ2n) is 3.25. The normalized spacial score (nSPS) is 10.2. The minimum atomic E-state index is -0.431. The minimum absolute atomic E-state index is 0.234. The van der Waals surface area contributed by atoms with Gasteiger partial charge >= 0.3 is 0 Å². The highest BCUT2D eigenvalue weighted by Gasteiger charge is 2.09. The molecule has 2 rings (SSSR count). The zero-order valence-corrected chi connectivity index (χ0v) is 9.12. The zero-order chi connectivity index (χ0) is 11.7. The van der Waals surface area contributed by atoms with Gasteiger partial charge in [0.2, 0.25) is 0 Å². The summed E-state index contributed by atoms with van der Waals surface area (Å²) in [6.07, 6.45) is 0. The van der Waals surface area contributed by atoms with Crippen LogP contribution in [0.15, 0.2) is 29.3 Å². The number of fused-ring (bicyclic) bond motifs is 1. The van der Waals surface area contributed by atoms with Crippen molar-refractivity contribution in [3.63, 3.8) is 0 Å². The van der Waals surface area contributed by atoms with Crippen LogP contribution in [0.2, 0.25) is 0 Å². The number of thiophene rings is 1. The number of nitrogen functional groups attached to an aromatic ring is 1. The van der Waals surface area contributed by atoms with Gasteiger partial charge in [0.05, 0.1) is 4.88 Å². The highest BCUT2D eigenvalue weighted by Crippen LogP contribution is 2.27. The van der Waals surface area contributed by atoms with Crippen LogP contribution in [-0.2, 0) is 0 Å². The third-order valence-corrected chi connectivity index (χ3v) is 3.09. The summed E-state index contributed by atoms with van der Waals surface area (Å²) in [7, 11) is 0. The lowest BCUT2D eigenvalue weighted by atomic mass is 10.2. The molecule has 6 heteroatoms. The van der Waals surface area contributed by atoms with E-state index < -0.39 is 5.91 Å². The number of hydrogen-bond acceptors (Lipinski definition) is 3. The molecule has 5 nitrogen and oxygen atoms in total. The molecule has 0 saturated carbocycles. The van der Waals surface area contributed by atoms with Gasteiger partial charge in [-0.2, -0.15) is 4.99 Å². The van der Waals surface area contributed by atoms with E-state index in [9.17, 15) is 4.79 Å². The molecule has 6 N–H and O–H groups in total. The monoisotopic (exact) mass is 234 g/mol. The Morgan fingerprint density at radius 2 is 2.00 bits per heavy atom. The fraction of sp³-hybridized carbons (Fsp3) is 0. The third kappa shape index (κ3) is 1.96. The maximum Gasteiger partial charge on any atom is 0.290 e. The molecule has 2 aromatic rings. The second kappa shape index (κ2) is 3.82. The topological polar surface area (TPSA) is 107 Å². The van der Waals surface area contributed by atoms with E-state index in [1.807, 2.05) is 6.07 Å². The van der Waals surface area contributed by atoms with Crippen molar-refractivity contribution in [2.75, 3.05) is 5.73 Å². The molecule has 1 heterocycles. The number of nitrogens with zero attached hydrogens (tertiary/aromatic N) is 1. The molecule has 0 aliphatic heterocycles. The van der Waals surface area contributed by atoms with Crippen LogP contribution in [0.1, 0.15) is 9.67 Å². The van der Waals surface area contributed by atoms with Gasteiger partial charge in [-0.05, 0) is 29.7 Å². The van der Waals surface area contributed by atoms with Gasteiger partial charge in [0.15, 0.2) is 5.96 Å². The number of carbonyl (C=O) groups is 1. The van der Waals surface area contributed by atoms with Crippen molar-refractivity contribution in [1.29, 1.82) is 0 Å². The summed E-state index contributed by atoms with van der Waals surface area (Å²) in [5.41, 5.74) is 16.6. The Labute approximate surface area is 95.6 Å². The van der Waals surface area contributed by atoms with Crippen LogP contribution in [0.5, 0.6) is 0 Å². The molecule has 0 fully saturated rings. The van der Waals surface area contributed by atoms with Crippen molar-refractivity contribution < 1.29 is 4.79 Å². The minimum Gasteiger partial charge on any atom is -0.399 e. The van der Waals surface area contributed by atoms with E-state index in [0.29, 0.717) is 10.6 Å². The van der Waals surface area contributed by atoms with Gasteiger partial charge in [-0.3, -0.25) is 4.79 Å². The summed E-state index contributed by atoms with van der Waals surface area (Å²) in [5.74, 6) is -0.665. The highest BCUT2D eigenvalue weighted by molar-refractivity contribution is 7.20. The van der Waals surface area contributed by atoms with Crippen molar-refractivity contribution >= 4 is 39.0 Å². The molecule has 0 saturated heterocycles. The van der Waals surface area contributed by atoms with E-state index >= 15 is 0 Å². The van der Waals surface area contributed by atoms with Crippen molar-refractivity contribution in [3.8, 4) is 0 Å². The summed E-state index contributed by atoms with van der Waals surface area (Å²) in [5, 5.41) is 0.916. The first-order chi connectivity index (χ1) is 7.56. The SMILES string of the molecule is NC(N)=NC(=O)c1cc2cc(N)ccc2s1. The molecule has 1 aromatic heterocycles. The number of benzene rings is 1. The molecule has 0 unspecified atom stereocenters. The molecule has 0 radical (unpaired) electrons. The van der Waals surface area contributed by atoms with Crippen LogP contribution in [0.4, 0.5) is 5.69 Å². The van der Waals surface area contributed by atoms with Crippen LogP contribution >= 0.6 is 11.3 Å². The van der Waals surface area contributed by atoms with Crippen LogP contribution in [0.25, 0.3) is 10.1 Å². The number of carbonyl (C=O) groups excluding carboxylic acids is 1. The molecule has 0 atom stereocenters. The number of anilines is 1. The average molecular weight is 234 g/mol. The predicted octanol–water partition coefficient (Wildman–Crippen LogP) is 0.897. The van der Waals surface area contributed by atoms with Gasteiger partial charge < -0.3 is 17.2 Å². The Balaban J connectivity index is 2.47. The highest BCUT2D eigenvalue weighted by atomic mass is 32.1. The lowest BCUT2D eigenvalue weighted by Gasteiger charge is -1.90. The summed E-state index contributed by atoms with van der Waals surface area (Å²) in [6, 6.07) is 7.18. The molecule has 82 valence electrons. The number of aliphatic imine (C=N–C) groups is 1.